The molecule has 0 aliphatic carbocycles. The van der Waals surface area contributed by atoms with Crippen LogP contribution in [0.15, 0.2) is 18.2 Å². The summed E-state index contributed by atoms with van der Waals surface area (Å²) in [6, 6.07) is 4.70. The summed E-state index contributed by atoms with van der Waals surface area (Å²) in [5.41, 5.74) is 0. The van der Waals surface area contributed by atoms with Crippen molar-refractivity contribution in [3.63, 3.8) is 0 Å². The Hall–Kier alpha value is -0.970. The van der Waals surface area contributed by atoms with Gasteiger partial charge in [-0.2, -0.15) is 0 Å². The molecule has 1 rings (SSSR count). The van der Waals surface area contributed by atoms with Crippen molar-refractivity contribution in [3.8, 4) is 5.75 Å². The van der Waals surface area contributed by atoms with Crippen molar-refractivity contribution in [2.75, 3.05) is 13.2 Å². The third kappa shape index (κ3) is 4.42. The zero-order valence-electron chi connectivity index (χ0n) is 9.15. The molecule has 0 radical (unpaired) electrons. The highest BCUT2D eigenvalue weighted by molar-refractivity contribution is 6.34. The standard InChI is InChI=1S/C11H12Cl2O4/c1-7(11(15)16-5-4-14)17-10-6-8(12)2-3-9(10)13/h2-3,6-7,14H,4-5H2,1H3. The minimum Gasteiger partial charge on any atom is -0.477 e. The van der Waals surface area contributed by atoms with Crippen LogP contribution in [-0.2, 0) is 9.53 Å². The third-order valence-corrected chi connectivity index (χ3v) is 2.41. The zero-order valence-corrected chi connectivity index (χ0v) is 10.7. The first-order chi connectivity index (χ1) is 8.04. The SMILES string of the molecule is CC(Oc1cc(Cl)ccc1Cl)C(=O)OCCO. The summed E-state index contributed by atoms with van der Waals surface area (Å²) in [5, 5.41) is 9.33. The molecule has 6 heteroatoms. The highest BCUT2D eigenvalue weighted by atomic mass is 35.5. The van der Waals surface area contributed by atoms with Crippen LogP contribution in [0.2, 0.25) is 10.0 Å². The summed E-state index contributed by atoms with van der Waals surface area (Å²) >= 11 is 11.6. The van der Waals surface area contributed by atoms with Crippen molar-refractivity contribution in [3.05, 3.63) is 28.2 Å². The second-order valence-electron chi connectivity index (χ2n) is 3.23. The molecule has 4 nitrogen and oxygen atoms in total. The van der Waals surface area contributed by atoms with E-state index in [9.17, 15) is 4.79 Å². The van der Waals surface area contributed by atoms with Crippen LogP contribution in [0.25, 0.3) is 0 Å². The van der Waals surface area contributed by atoms with Crippen LogP contribution in [0.4, 0.5) is 0 Å². The lowest BCUT2D eigenvalue weighted by Gasteiger charge is -2.14. The molecule has 0 heterocycles. The van der Waals surface area contributed by atoms with E-state index in [1.807, 2.05) is 0 Å². The molecule has 0 spiro atoms. The molecule has 0 aromatic heterocycles. The van der Waals surface area contributed by atoms with Crippen LogP contribution in [0.1, 0.15) is 6.92 Å². The molecule has 1 aromatic rings. The van der Waals surface area contributed by atoms with E-state index >= 15 is 0 Å². The molecule has 0 saturated carbocycles. The van der Waals surface area contributed by atoms with E-state index in [0.717, 1.165) is 0 Å². The number of ether oxygens (including phenoxy) is 2. The Morgan fingerprint density at radius 3 is 2.82 bits per heavy atom. The van der Waals surface area contributed by atoms with E-state index in [2.05, 4.69) is 0 Å². The maximum Gasteiger partial charge on any atom is 0.347 e. The van der Waals surface area contributed by atoms with E-state index in [1.54, 1.807) is 12.1 Å². The number of hydrogen-bond acceptors (Lipinski definition) is 4. The Balaban J connectivity index is 2.64. The smallest absolute Gasteiger partial charge is 0.347 e. The van der Waals surface area contributed by atoms with Gasteiger partial charge in [0, 0.05) is 11.1 Å². The largest absolute Gasteiger partial charge is 0.477 e. The normalized spacial score (nSPS) is 12.0. The van der Waals surface area contributed by atoms with Gasteiger partial charge in [-0.15, -0.1) is 0 Å². The van der Waals surface area contributed by atoms with Gasteiger partial charge in [0.2, 0.25) is 0 Å². The van der Waals surface area contributed by atoms with Gasteiger partial charge in [0.1, 0.15) is 12.4 Å². The molecule has 0 amide bonds. The minimum atomic E-state index is -0.822. The fraction of sp³-hybridized carbons (Fsp3) is 0.364. The number of carbonyl (C=O) groups is 1. The molecule has 17 heavy (non-hydrogen) atoms. The van der Waals surface area contributed by atoms with Gasteiger partial charge in [-0.3, -0.25) is 0 Å². The monoisotopic (exact) mass is 278 g/mol. The summed E-state index contributed by atoms with van der Waals surface area (Å²) in [6.07, 6.45) is -0.822. The Labute approximate surface area is 109 Å². The molecule has 1 aromatic carbocycles. The van der Waals surface area contributed by atoms with Crippen molar-refractivity contribution in [2.24, 2.45) is 0 Å². The first-order valence-electron chi connectivity index (χ1n) is 4.94. The van der Waals surface area contributed by atoms with E-state index in [-0.39, 0.29) is 13.2 Å². The van der Waals surface area contributed by atoms with E-state index < -0.39 is 12.1 Å². The second-order valence-corrected chi connectivity index (χ2v) is 4.07. The van der Waals surface area contributed by atoms with Crippen molar-refractivity contribution in [1.82, 2.24) is 0 Å². The van der Waals surface area contributed by atoms with Gasteiger partial charge >= 0.3 is 5.97 Å². The number of rotatable bonds is 5. The maximum absolute atomic E-state index is 11.4. The Bertz CT molecular complexity index is 395. The lowest BCUT2D eigenvalue weighted by Crippen LogP contribution is -2.27. The summed E-state index contributed by atoms with van der Waals surface area (Å²) < 4.78 is 10.0. The molecule has 0 fully saturated rings. The van der Waals surface area contributed by atoms with Gasteiger partial charge in [-0.1, -0.05) is 23.2 Å². The predicted octanol–water partition coefficient (Wildman–Crippen LogP) is 2.30. The van der Waals surface area contributed by atoms with E-state index in [0.29, 0.717) is 15.8 Å². The average Bonchev–Trinajstić information content (AvgIpc) is 2.30. The minimum absolute atomic E-state index is 0.0597. The number of carbonyl (C=O) groups excluding carboxylic acids is 1. The Morgan fingerprint density at radius 1 is 1.47 bits per heavy atom. The van der Waals surface area contributed by atoms with Gasteiger partial charge in [0.15, 0.2) is 6.10 Å². The van der Waals surface area contributed by atoms with E-state index in [4.69, 9.17) is 37.8 Å². The van der Waals surface area contributed by atoms with Gasteiger partial charge in [0.25, 0.3) is 0 Å². The van der Waals surface area contributed by atoms with Crippen molar-refractivity contribution < 1.29 is 19.4 Å². The Kier molecular flexibility index (Phi) is 5.55. The van der Waals surface area contributed by atoms with Crippen LogP contribution in [-0.4, -0.2) is 30.4 Å². The van der Waals surface area contributed by atoms with Gasteiger partial charge in [-0.05, 0) is 19.1 Å². The molecule has 0 aliphatic heterocycles. The van der Waals surface area contributed by atoms with Crippen molar-refractivity contribution in [1.29, 1.82) is 0 Å². The highest BCUT2D eigenvalue weighted by Gasteiger charge is 2.17. The second kappa shape index (κ2) is 6.69. The van der Waals surface area contributed by atoms with Gasteiger partial charge in [0.05, 0.1) is 11.6 Å². The third-order valence-electron chi connectivity index (χ3n) is 1.86. The first kappa shape index (κ1) is 14.1. The van der Waals surface area contributed by atoms with Crippen molar-refractivity contribution >= 4 is 29.2 Å². The quantitative estimate of drug-likeness (QED) is 0.840. The molecule has 0 bridgehead atoms. The van der Waals surface area contributed by atoms with Crippen LogP contribution < -0.4 is 4.74 Å². The first-order valence-corrected chi connectivity index (χ1v) is 5.69. The predicted molar refractivity (Wildman–Crippen MR) is 64.6 cm³/mol. The number of halogens is 2. The molecule has 1 unspecified atom stereocenters. The Morgan fingerprint density at radius 2 is 2.18 bits per heavy atom. The molecule has 94 valence electrons. The number of aliphatic hydroxyl groups is 1. The zero-order chi connectivity index (χ0) is 12.8. The fourth-order valence-electron chi connectivity index (χ4n) is 1.07. The van der Waals surface area contributed by atoms with E-state index in [1.165, 1.54) is 13.0 Å². The fourth-order valence-corrected chi connectivity index (χ4v) is 1.39. The lowest BCUT2D eigenvalue weighted by molar-refractivity contribution is -0.152. The summed E-state index contributed by atoms with van der Waals surface area (Å²) in [7, 11) is 0. The molecule has 1 atom stereocenters. The van der Waals surface area contributed by atoms with Crippen LogP contribution in [0.5, 0.6) is 5.75 Å². The molecular weight excluding hydrogens is 267 g/mol. The average molecular weight is 279 g/mol. The maximum atomic E-state index is 11.4. The van der Waals surface area contributed by atoms with Crippen LogP contribution >= 0.6 is 23.2 Å². The molecular formula is C11H12Cl2O4. The molecule has 0 saturated heterocycles. The van der Waals surface area contributed by atoms with Crippen LogP contribution in [0.3, 0.4) is 0 Å². The number of aliphatic hydroxyl groups excluding tert-OH is 1. The topological polar surface area (TPSA) is 55.8 Å². The van der Waals surface area contributed by atoms with Gasteiger partial charge < -0.3 is 14.6 Å². The highest BCUT2D eigenvalue weighted by Crippen LogP contribution is 2.28. The number of benzene rings is 1. The van der Waals surface area contributed by atoms with Crippen LogP contribution in [0, 0.1) is 0 Å². The lowest BCUT2D eigenvalue weighted by atomic mass is 10.3. The van der Waals surface area contributed by atoms with Gasteiger partial charge in [-0.25, -0.2) is 4.79 Å². The van der Waals surface area contributed by atoms with Crippen molar-refractivity contribution in [2.45, 2.75) is 13.0 Å². The number of hydrogen-bond donors (Lipinski definition) is 1. The molecule has 0 aliphatic rings. The molecule has 1 N–H and O–H groups in total. The summed E-state index contributed by atoms with van der Waals surface area (Å²) in [5.74, 6) is -0.261. The number of esters is 1. The summed E-state index contributed by atoms with van der Waals surface area (Å²) in [6.45, 7) is 1.24. The summed E-state index contributed by atoms with van der Waals surface area (Å²) in [4.78, 5) is 11.4.